The topological polar surface area (TPSA) is 58.9 Å². The first-order valence-corrected chi connectivity index (χ1v) is 4.14. The van der Waals surface area contributed by atoms with Crippen molar-refractivity contribution in [2.24, 2.45) is 0 Å². The molecule has 0 radical (unpaired) electrons. The minimum Gasteiger partial charge on any atom is -0.394 e. The molecule has 78 valence electrons. The lowest BCUT2D eigenvalue weighted by atomic mass is 10.7. The Morgan fingerprint density at radius 1 is 1.15 bits per heavy atom. The Bertz CT molecular complexity index is 105. The molecule has 0 rings (SSSR count). The summed E-state index contributed by atoms with van der Waals surface area (Å²) in [7, 11) is 0. The zero-order valence-electron chi connectivity index (χ0n) is 8.03. The summed E-state index contributed by atoms with van der Waals surface area (Å²) >= 11 is 0. The Morgan fingerprint density at radius 2 is 1.69 bits per heavy atom. The summed E-state index contributed by atoms with van der Waals surface area (Å²) in [5.74, 6) is 2.35. The van der Waals surface area contributed by atoms with Gasteiger partial charge in [0.05, 0.1) is 26.4 Å². The van der Waals surface area contributed by atoms with Crippen molar-refractivity contribution < 1.29 is 19.7 Å². The lowest BCUT2D eigenvalue weighted by Crippen LogP contribution is -2.03. The van der Waals surface area contributed by atoms with E-state index in [9.17, 15) is 0 Å². The Kier molecular flexibility index (Phi) is 20.0. The lowest BCUT2D eigenvalue weighted by Gasteiger charge is -1.94. The molecule has 13 heavy (non-hydrogen) atoms. The fourth-order valence-electron chi connectivity index (χ4n) is 0.392. The average Bonchev–Trinajstić information content (AvgIpc) is 2.17. The maximum Gasteiger partial charge on any atom is 0.107 e. The second-order valence-corrected chi connectivity index (χ2v) is 1.90. The number of rotatable bonds is 6. The Labute approximate surface area is 79.5 Å². The van der Waals surface area contributed by atoms with Gasteiger partial charge in [0, 0.05) is 6.61 Å². The third-order valence-corrected chi connectivity index (χ3v) is 0.861. The first kappa shape index (κ1) is 14.9. The summed E-state index contributed by atoms with van der Waals surface area (Å²) in [4.78, 5) is 0. The van der Waals surface area contributed by atoms with Crippen molar-refractivity contribution in [2.45, 2.75) is 6.92 Å². The molecule has 0 aliphatic rings. The van der Waals surface area contributed by atoms with E-state index in [0.29, 0.717) is 26.4 Å². The summed E-state index contributed by atoms with van der Waals surface area (Å²) < 4.78 is 9.38. The maximum absolute atomic E-state index is 8.09. The minimum atomic E-state index is 0.0278. The molecule has 0 aromatic rings. The van der Waals surface area contributed by atoms with E-state index < -0.39 is 0 Å². The third kappa shape index (κ3) is 24.6. The normalized spacial score (nSPS) is 8.46. The molecule has 0 bridgehead atoms. The number of aliphatic hydroxyl groups excluding tert-OH is 2. The van der Waals surface area contributed by atoms with Crippen molar-refractivity contribution in [1.82, 2.24) is 0 Å². The molecular weight excluding hydrogens is 172 g/mol. The van der Waals surface area contributed by atoms with Gasteiger partial charge in [0.2, 0.25) is 0 Å². The van der Waals surface area contributed by atoms with Crippen molar-refractivity contribution in [3.8, 4) is 12.3 Å². The second kappa shape index (κ2) is 17.5. The quantitative estimate of drug-likeness (QED) is 0.444. The lowest BCUT2D eigenvalue weighted by molar-refractivity contribution is 0.0650. The van der Waals surface area contributed by atoms with Crippen LogP contribution in [-0.2, 0) is 9.47 Å². The van der Waals surface area contributed by atoms with Crippen LogP contribution in [0.25, 0.3) is 0 Å². The Morgan fingerprint density at radius 3 is 1.92 bits per heavy atom. The van der Waals surface area contributed by atoms with Gasteiger partial charge in [0.15, 0.2) is 0 Å². The van der Waals surface area contributed by atoms with Gasteiger partial charge >= 0.3 is 0 Å². The molecule has 0 unspecified atom stereocenters. The van der Waals surface area contributed by atoms with Crippen LogP contribution < -0.4 is 0 Å². The second-order valence-electron chi connectivity index (χ2n) is 1.90. The third-order valence-electron chi connectivity index (χ3n) is 0.861. The fraction of sp³-hybridized carbons (Fsp3) is 0.778. The Hall–Kier alpha value is -0.600. The summed E-state index contributed by atoms with van der Waals surface area (Å²) in [6.07, 6.45) is 4.84. The highest BCUT2D eigenvalue weighted by Crippen LogP contribution is 1.68. The van der Waals surface area contributed by atoms with Crippen LogP contribution in [0, 0.1) is 12.3 Å². The molecule has 0 spiro atoms. The number of aliphatic hydroxyl groups is 2. The van der Waals surface area contributed by atoms with Gasteiger partial charge in [-0.05, 0) is 6.92 Å². The summed E-state index contributed by atoms with van der Waals surface area (Å²) in [6.45, 7) is 3.76. The molecular formula is C9H18O4. The van der Waals surface area contributed by atoms with Crippen LogP contribution in [0.5, 0.6) is 0 Å². The number of terminal acetylenes is 1. The van der Waals surface area contributed by atoms with Crippen molar-refractivity contribution in [3.63, 3.8) is 0 Å². The van der Waals surface area contributed by atoms with E-state index in [1.54, 1.807) is 0 Å². The van der Waals surface area contributed by atoms with Crippen molar-refractivity contribution in [1.29, 1.82) is 0 Å². The molecule has 0 saturated heterocycles. The molecule has 0 heterocycles. The van der Waals surface area contributed by atoms with Gasteiger partial charge < -0.3 is 19.7 Å². The monoisotopic (exact) mass is 190 g/mol. The zero-order chi connectivity index (χ0) is 10.4. The van der Waals surface area contributed by atoms with E-state index in [1.807, 2.05) is 6.92 Å². The highest BCUT2D eigenvalue weighted by atomic mass is 16.5. The van der Waals surface area contributed by atoms with Crippen molar-refractivity contribution >= 4 is 0 Å². The molecule has 4 heteroatoms. The van der Waals surface area contributed by atoms with Gasteiger partial charge in [-0.1, -0.05) is 5.92 Å². The molecule has 2 N–H and O–H groups in total. The van der Waals surface area contributed by atoms with Gasteiger partial charge in [-0.3, -0.25) is 0 Å². The predicted molar refractivity (Wildman–Crippen MR) is 50.3 cm³/mol. The van der Waals surface area contributed by atoms with Crippen LogP contribution in [0.3, 0.4) is 0 Å². The Balaban J connectivity index is 0. The summed E-state index contributed by atoms with van der Waals surface area (Å²) in [5.41, 5.74) is 0. The van der Waals surface area contributed by atoms with E-state index in [4.69, 9.17) is 21.4 Å². The van der Waals surface area contributed by atoms with Gasteiger partial charge in [0.25, 0.3) is 0 Å². The van der Waals surface area contributed by atoms with E-state index in [0.717, 1.165) is 0 Å². The summed E-state index contributed by atoms with van der Waals surface area (Å²) in [5, 5.41) is 16.2. The standard InChI is InChI=1S/C5H8O.C4H10O3/c1-3-5-6-4-2;5-1-3-7-4-2-6/h1H,4-5H2,2H3;5-6H,1-4H2. The highest BCUT2D eigenvalue weighted by molar-refractivity contribution is 4.82. The number of hydrogen-bond donors (Lipinski definition) is 2. The van der Waals surface area contributed by atoms with E-state index in [1.165, 1.54) is 0 Å². The van der Waals surface area contributed by atoms with Gasteiger partial charge in [-0.2, -0.15) is 0 Å². The SMILES string of the molecule is C#CCOCC.OCCOCCO. The first-order valence-electron chi connectivity index (χ1n) is 4.14. The van der Waals surface area contributed by atoms with Crippen LogP contribution in [0.1, 0.15) is 6.92 Å². The zero-order valence-corrected chi connectivity index (χ0v) is 8.03. The van der Waals surface area contributed by atoms with E-state index in [-0.39, 0.29) is 13.2 Å². The smallest absolute Gasteiger partial charge is 0.107 e. The molecule has 0 saturated carbocycles. The van der Waals surface area contributed by atoms with Gasteiger partial charge in [-0.15, -0.1) is 6.42 Å². The summed E-state index contributed by atoms with van der Waals surface area (Å²) in [6, 6.07) is 0. The maximum atomic E-state index is 8.09. The first-order chi connectivity index (χ1) is 6.33. The largest absolute Gasteiger partial charge is 0.394 e. The molecule has 0 amide bonds. The fourth-order valence-corrected chi connectivity index (χ4v) is 0.392. The molecule has 0 aliphatic heterocycles. The average molecular weight is 190 g/mol. The van der Waals surface area contributed by atoms with Crippen LogP contribution in [0.2, 0.25) is 0 Å². The molecule has 4 nitrogen and oxygen atoms in total. The molecule has 0 atom stereocenters. The van der Waals surface area contributed by atoms with Crippen molar-refractivity contribution in [2.75, 3.05) is 39.6 Å². The highest BCUT2D eigenvalue weighted by Gasteiger charge is 1.79. The van der Waals surface area contributed by atoms with Gasteiger partial charge in [0.1, 0.15) is 6.61 Å². The predicted octanol–water partition coefficient (Wildman–Crippen LogP) is -0.356. The van der Waals surface area contributed by atoms with Crippen LogP contribution in [-0.4, -0.2) is 49.9 Å². The van der Waals surface area contributed by atoms with Crippen LogP contribution in [0.4, 0.5) is 0 Å². The minimum absolute atomic E-state index is 0.0278. The van der Waals surface area contributed by atoms with Crippen LogP contribution in [0.15, 0.2) is 0 Å². The van der Waals surface area contributed by atoms with Gasteiger partial charge in [-0.25, -0.2) is 0 Å². The number of hydrogen-bond acceptors (Lipinski definition) is 4. The van der Waals surface area contributed by atoms with E-state index in [2.05, 4.69) is 10.7 Å². The number of ether oxygens (including phenoxy) is 2. The molecule has 0 aliphatic carbocycles. The van der Waals surface area contributed by atoms with Crippen LogP contribution >= 0.6 is 0 Å². The molecule has 0 aromatic carbocycles. The molecule has 0 fully saturated rings. The van der Waals surface area contributed by atoms with Crippen molar-refractivity contribution in [3.05, 3.63) is 0 Å². The molecule has 0 aromatic heterocycles. The van der Waals surface area contributed by atoms with E-state index >= 15 is 0 Å².